The van der Waals surface area contributed by atoms with Crippen molar-refractivity contribution in [3.63, 3.8) is 0 Å². The molecule has 0 aliphatic carbocycles. The number of pyridine rings is 1. The summed E-state index contributed by atoms with van der Waals surface area (Å²) in [6.45, 7) is 2.12. The summed E-state index contributed by atoms with van der Waals surface area (Å²) in [6.07, 6.45) is 6.10. The van der Waals surface area contributed by atoms with Crippen molar-refractivity contribution < 1.29 is 14.3 Å². The Labute approximate surface area is 142 Å². The fourth-order valence-corrected chi connectivity index (χ4v) is 2.64. The van der Waals surface area contributed by atoms with Gasteiger partial charge in [0.1, 0.15) is 12.0 Å². The van der Waals surface area contributed by atoms with Crippen molar-refractivity contribution in [3.05, 3.63) is 54.3 Å². The first kappa shape index (κ1) is 15.5. The number of β-amino-alcohol motifs (C(OH)–C–C–N with tert-alkyl or cyclic N) is 1. The minimum atomic E-state index is -0.470. The number of likely N-dealkylation sites (tertiary alicyclic amines) is 1. The molecule has 4 rings (SSSR count). The van der Waals surface area contributed by atoms with Crippen LogP contribution in [0.25, 0.3) is 5.69 Å². The van der Waals surface area contributed by atoms with Crippen LogP contribution in [0.5, 0.6) is 0 Å². The van der Waals surface area contributed by atoms with Gasteiger partial charge in [0.25, 0.3) is 5.91 Å². The van der Waals surface area contributed by atoms with E-state index in [1.807, 2.05) is 12.1 Å². The maximum atomic E-state index is 12.3. The first-order valence-corrected chi connectivity index (χ1v) is 7.87. The second kappa shape index (κ2) is 6.10. The van der Waals surface area contributed by atoms with Crippen molar-refractivity contribution in [2.45, 2.75) is 25.5 Å². The van der Waals surface area contributed by atoms with Gasteiger partial charge in [0.2, 0.25) is 5.89 Å². The number of amides is 1. The average Bonchev–Trinajstić information content (AvgIpc) is 3.31. The van der Waals surface area contributed by atoms with Gasteiger partial charge in [0.15, 0.2) is 5.69 Å². The maximum Gasteiger partial charge on any atom is 0.276 e. The summed E-state index contributed by atoms with van der Waals surface area (Å²) in [5.41, 5.74) is 1.75. The Morgan fingerprint density at radius 3 is 2.80 bits per heavy atom. The number of aromatic nitrogens is 5. The molecule has 0 bridgehead atoms. The molecule has 25 heavy (non-hydrogen) atoms. The van der Waals surface area contributed by atoms with Crippen LogP contribution in [0.1, 0.15) is 29.0 Å². The Kier molecular flexibility index (Phi) is 3.77. The molecule has 0 unspecified atom stereocenters. The Morgan fingerprint density at radius 1 is 1.36 bits per heavy atom. The van der Waals surface area contributed by atoms with Gasteiger partial charge in [-0.2, -0.15) is 15.0 Å². The normalized spacial score (nSPS) is 19.7. The third-order valence-corrected chi connectivity index (χ3v) is 4.26. The zero-order chi connectivity index (χ0) is 17.4. The molecule has 0 radical (unpaired) electrons. The summed E-state index contributed by atoms with van der Waals surface area (Å²) in [5.74, 6) is 0.176. The van der Waals surface area contributed by atoms with Crippen LogP contribution in [0, 0.1) is 0 Å². The third kappa shape index (κ3) is 2.89. The largest absolute Gasteiger partial charge is 0.448 e. The Morgan fingerprint density at radius 2 is 2.16 bits per heavy atom. The van der Waals surface area contributed by atoms with Gasteiger partial charge in [-0.25, -0.2) is 4.98 Å². The number of hydrogen-bond acceptors (Lipinski definition) is 7. The SMILES string of the molecule is C[C@H]1[C@@H](O)CN1C(=O)c1coc(Cc2ccc(-n3nccn3)cn2)n1. The highest BCUT2D eigenvalue weighted by Crippen LogP contribution is 2.20. The molecule has 1 aliphatic heterocycles. The Balaban J connectivity index is 1.43. The molecule has 0 spiro atoms. The molecular weight excluding hydrogens is 324 g/mol. The third-order valence-electron chi connectivity index (χ3n) is 4.26. The van der Waals surface area contributed by atoms with Crippen LogP contribution in [-0.4, -0.2) is 59.6 Å². The number of nitrogens with zero attached hydrogens (tertiary/aromatic N) is 6. The summed E-state index contributed by atoms with van der Waals surface area (Å²) >= 11 is 0. The average molecular weight is 340 g/mol. The van der Waals surface area contributed by atoms with E-state index in [2.05, 4.69) is 20.2 Å². The Bertz CT molecular complexity index is 874. The van der Waals surface area contributed by atoms with Crippen molar-refractivity contribution in [1.29, 1.82) is 0 Å². The van der Waals surface area contributed by atoms with Gasteiger partial charge in [-0.3, -0.25) is 9.78 Å². The minimum Gasteiger partial charge on any atom is -0.448 e. The van der Waals surface area contributed by atoms with Crippen LogP contribution in [0.15, 0.2) is 41.4 Å². The summed E-state index contributed by atoms with van der Waals surface area (Å²) < 4.78 is 5.38. The molecule has 9 heteroatoms. The molecule has 3 aromatic heterocycles. The smallest absolute Gasteiger partial charge is 0.276 e. The van der Waals surface area contributed by atoms with Gasteiger partial charge in [-0.05, 0) is 19.1 Å². The van der Waals surface area contributed by atoms with E-state index in [0.29, 0.717) is 18.9 Å². The lowest BCUT2D eigenvalue weighted by molar-refractivity contribution is -0.0360. The molecule has 3 aromatic rings. The summed E-state index contributed by atoms with van der Waals surface area (Å²) in [7, 11) is 0. The number of aliphatic hydroxyl groups is 1. The molecule has 0 saturated carbocycles. The highest BCUT2D eigenvalue weighted by molar-refractivity contribution is 5.92. The van der Waals surface area contributed by atoms with Crippen LogP contribution in [0.4, 0.5) is 0 Å². The molecule has 1 amide bonds. The molecule has 128 valence electrons. The van der Waals surface area contributed by atoms with Crippen LogP contribution >= 0.6 is 0 Å². The quantitative estimate of drug-likeness (QED) is 0.734. The van der Waals surface area contributed by atoms with E-state index >= 15 is 0 Å². The fraction of sp³-hybridized carbons (Fsp3) is 0.312. The fourth-order valence-electron chi connectivity index (χ4n) is 2.64. The lowest BCUT2D eigenvalue weighted by atomic mass is 10.0. The van der Waals surface area contributed by atoms with Crippen LogP contribution in [-0.2, 0) is 6.42 Å². The van der Waals surface area contributed by atoms with E-state index in [1.165, 1.54) is 11.1 Å². The van der Waals surface area contributed by atoms with Crippen molar-refractivity contribution >= 4 is 5.91 Å². The van der Waals surface area contributed by atoms with Gasteiger partial charge >= 0.3 is 0 Å². The van der Waals surface area contributed by atoms with Crippen LogP contribution in [0.2, 0.25) is 0 Å². The van der Waals surface area contributed by atoms with Gasteiger partial charge in [-0.1, -0.05) is 0 Å². The number of carbonyl (C=O) groups excluding carboxylic acids is 1. The van der Waals surface area contributed by atoms with E-state index in [-0.39, 0.29) is 17.6 Å². The zero-order valence-corrected chi connectivity index (χ0v) is 13.5. The van der Waals surface area contributed by atoms with Crippen LogP contribution < -0.4 is 0 Å². The standard InChI is InChI=1S/C16H16N6O3/c1-10-14(23)8-21(10)16(24)13-9-25-15(20-13)6-11-2-3-12(7-17-11)22-18-4-5-19-22/h2-5,7,9-10,14,23H,6,8H2,1H3/t10-,14-/m0/s1. The van der Waals surface area contributed by atoms with E-state index in [0.717, 1.165) is 11.4 Å². The highest BCUT2D eigenvalue weighted by atomic mass is 16.3. The molecule has 0 aromatic carbocycles. The number of carbonyl (C=O) groups is 1. The molecule has 9 nitrogen and oxygen atoms in total. The predicted octanol–water partition coefficient (Wildman–Crippen LogP) is 0.446. The molecule has 1 N–H and O–H groups in total. The summed E-state index contributed by atoms with van der Waals surface area (Å²) in [6, 6.07) is 3.48. The van der Waals surface area contributed by atoms with E-state index in [1.54, 1.807) is 30.4 Å². The van der Waals surface area contributed by atoms with Gasteiger partial charge in [-0.15, -0.1) is 0 Å². The molecule has 4 heterocycles. The maximum absolute atomic E-state index is 12.3. The van der Waals surface area contributed by atoms with Gasteiger partial charge in [0, 0.05) is 12.2 Å². The van der Waals surface area contributed by atoms with Crippen molar-refractivity contribution in [2.75, 3.05) is 6.54 Å². The molecular formula is C16H16N6O3. The van der Waals surface area contributed by atoms with Crippen molar-refractivity contribution in [2.24, 2.45) is 0 Å². The van der Waals surface area contributed by atoms with Gasteiger partial charge < -0.3 is 14.4 Å². The first-order chi connectivity index (χ1) is 12.1. The van der Waals surface area contributed by atoms with Crippen LogP contribution in [0.3, 0.4) is 0 Å². The first-order valence-electron chi connectivity index (χ1n) is 7.87. The Hall–Kier alpha value is -3.07. The predicted molar refractivity (Wildman–Crippen MR) is 85.0 cm³/mol. The minimum absolute atomic E-state index is 0.197. The van der Waals surface area contributed by atoms with E-state index < -0.39 is 6.10 Å². The highest BCUT2D eigenvalue weighted by Gasteiger charge is 2.38. The van der Waals surface area contributed by atoms with E-state index in [9.17, 15) is 9.90 Å². The topological polar surface area (TPSA) is 110 Å². The zero-order valence-electron chi connectivity index (χ0n) is 13.5. The summed E-state index contributed by atoms with van der Waals surface area (Å²) in [5, 5.41) is 17.6. The van der Waals surface area contributed by atoms with Gasteiger partial charge in [0.05, 0.1) is 37.2 Å². The van der Waals surface area contributed by atoms with Crippen molar-refractivity contribution in [3.8, 4) is 5.69 Å². The summed E-state index contributed by atoms with van der Waals surface area (Å²) in [4.78, 5) is 23.9. The molecule has 1 aliphatic rings. The lowest BCUT2D eigenvalue weighted by Crippen LogP contribution is -2.60. The number of oxazole rings is 1. The number of hydrogen-bond donors (Lipinski definition) is 1. The lowest BCUT2D eigenvalue weighted by Gasteiger charge is -2.42. The van der Waals surface area contributed by atoms with E-state index in [4.69, 9.17) is 4.42 Å². The molecule has 1 saturated heterocycles. The second-order valence-electron chi connectivity index (χ2n) is 5.89. The monoisotopic (exact) mass is 340 g/mol. The molecule has 1 fully saturated rings. The number of rotatable bonds is 4. The van der Waals surface area contributed by atoms with Crippen molar-refractivity contribution in [1.82, 2.24) is 29.9 Å². The number of aliphatic hydroxyl groups excluding tert-OH is 1. The molecule has 2 atom stereocenters. The second-order valence-corrected chi connectivity index (χ2v) is 5.89.